The van der Waals surface area contributed by atoms with Gasteiger partial charge in [-0.15, -0.1) is 0 Å². The fraction of sp³-hybridized carbons (Fsp3) is 0.400. The number of rotatable bonds is 5. The van der Waals surface area contributed by atoms with Crippen LogP contribution in [0.4, 0.5) is 9.59 Å². The van der Waals surface area contributed by atoms with Crippen molar-refractivity contribution in [2.75, 3.05) is 19.7 Å². The van der Waals surface area contributed by atoms with Crippen LogP contribution < -0.4 is 5.32 Å². The van der Waals surface area contributed by atoms with E-state index in [4.69, 9.17) is 9.47 Å². The normalized spacial score (nSPS) is 16.3. The highest BCUT2D eigenvalue weighted by molar-refractivity contribution is 5.82. The van der Waals surface area contributed by atoms with E-state index in [0.717, 1.165) is 22.3 Å². The molecule has 1 atom stereocenters. The van der Waals surface area contributed by atoms with E-state index in [0.29, 0.717) is 0 Å². The number of alkyl carbamates (subject to hydrolysis) is 1. The number of aliphatic carboxylic acids is 1. The second kappa shape index (κ2) is 8.77. The number of hydrogen-bond acceptors (Lipinski definition) is 5. The second-order valence-electron chi connectivity index (χ2n) is 9.43. The summed E-state index contributed by atoms with van der Waals surface area (Å²) in [7, 11) is 0. The minimum atomic E-state index is -1.17. The lowest BCUT2D eigenvalue weighted by Crippen LogP contribution is -2.61. The van der Waals surface area contributed by atoms with Crippen LogP contribution in [0.25, 0.3) is 11.1 Å². The number of amides is 2. The summed E-state index contributed by atoms with van der Waals surface area (Å²) in [6.45, 7) is 5.77. The first-order chi connectivity index (χ1) is 15.6. The molecule has 2 aromatic rings. The van der Waals surface area contributed by atoms with E-state index >= 15 is 0 Å². The Morgan fingerprint density at radius 1 is 1.03 bits per heavy atom. The molecule has 174 valence electrons. The van der Waals surface area contributed by atoms with E-state index in [9.17, 15) is 19.5 Å². The lowest BCUT2D eigenvalue weighted by molar-refractivity contribution is -0.142. The molecule has 1 heterocycles. The molecule has 1 fully saturated rings. The number of carbonyl (C=O) groups is 3. The molecule has 0 bridgehead atoms. The molecule has 2 aromatic carbocycles. The molecule has 0 aromatic heterocycles. The number of ether oxygens (including phenoxy) is 2. The number of nitrogens with zero attached hydrogens (tertiary/aromatic N) is 1. The van der Waals surface area contributed by atoms with Gasteiger partial charge in [0.1, 0.15) is 18.2 Å². The largest absolute Gasteiger partial charge is 0.480 e. The summed E-state index contributed by atoms with van der Waals surface area (Å²) in [5.74, 6) is -1.70. The van der Waals surface area contributed by atoms with E-state index in [1.807, 2.05) is 48.5 Å². The third kappa shape index (κ3) is 4.79. The summed E-state index contributed by atoms with van der Waals surface area (Å²) in [6, 6.07) is 14.8. The zero-order valence-corrected chi connectivity index (χ0v) is 18.9. The molecule has 0 saturated carbocycles. The molecular weight excluding hydrogens is 424 g/mol. The molecule has 8 heteroatoms. The molecule has 1 saturated heterocycles. The lowest BCUT2D eigenvalue weighted by Gasteiger charge is -2.42. The molecule has 2 amide bonds. The second-order valence-corrected chi connectivity index (χ2v) is 9.43. The fourth-order valence-corrected chi connectivity index (χ4v) is 4.35. The van der Waals surface area contributed by atoms with Crippen molar-refractivity contribution < 1.29 is 29.0 Å². The van der Waals surface area contributed by atoms with Gasteiger partial charge in [0.05, 0.1) is 0 Å². The van der Waals surface area contributed by atoms with Gasteiger partial charge in [-0.25, -0.2) is 14.4 Å². The van der Waals surface area contributed by atoms with E-state index in [2.05, 4.69) is 5.32 Å². The summed E-state index contributed by atoms with van der Waals surface area (Å²) < 4.78 is 10.8. The maximum Gasteiger partial charge on any atom is 0.410 e. The molecule has 2 N–H and O–H groups in total. The van der Waals surface area contributed by atoms with Gasteiger partial charge < -0.3 is 24.8 Å². The predicted molar refractivity (Wildman–Crippen MR) is 121 cm³/mol. The Hall–Kier alpha value is -3.55. The number of fused-ring (bicyclic) bond motifs is 3. The topological polar surface area (TPSA) is 105 Å². The fourth-order valence-electron chi connectivity index (χ4n) is 4.35. The zero-order valence-electron chi connectivity index (χ0n) is 18.9. The van der Waals surface area contributed by atoms with E-state index in [-0.39, 0.29) is 25.6 Å². The van der Waals surface area contributed by atoms with Crippen LogP contribution in [-0.4, -0.2) is 59.5 Å². The summed E-state index contributed by atoms with van der Waals surface area (Å²) in [5, 5.41) is 12.1. The zero-order chi connectivity index (χ0) is 23.8. The Morgan fingerprint density at radius 3 is 2.09 bits per heavy atom. The highest BCUT2D eigenvalue weighted by Gasteiger charge is 2.42. The van der Waals surface area contributed by atoms with Crippen molar-refractivity contribution >= 4 is 18.2 Å². The van der Waals surface area contributed by atoms with Gasteiger partial charge >= 0.3 is 18.2 Å². The number of likely N-dealkylation sites (tertiary alicyclic amines) is 1. The Balaban J connectivity index is 1.35. The smallest absolute Gasteiger partial charge is 0.410 e. The number of benzene rings is 2. The van der Waals surface area contributed by atoms with Crippen LogP contribution in [0, 0.1) is 5.92 Å². The lowest BCUT2D eigenvalue weighted by atomic mass is 9.92. The molecular formula is C25H28N2O6. The van der Waals surface area contributed by atoms with Crippen molar-refractivity contribution in [3.05, 3.63) is 59.7 Å². The number of carbonyl (C=O) groups excluding carboxylic acids is 2. The Labute approximate surface area is 192 Å². The first-order valence-electron chi connectivity index (χ1n) is 11.0. The number of hydrogen-bond donors (Lipinski definition) is 2. The van der Waals surface area contributed by atoms with Gasteiger partial charge in [-0.3, -0.25) is 0 Å². The molecule has 0 spiro atoms. The molecule has 1 aliphatic heterocycles. The highest BCUT2D eigenvalue weighted by atomic mass is 16.6. The first-order valence-corrected chi connectivity index (χ1v) is 11.0. The Bertz CT molecular complexity index is 1030. The van der Waals surface area contributed by atoms with E-state index < -0.39 is 35.7 Å². The number of carboxylic acid groups (broad SMARTS) is 1. The van der Waals surface area contributed by atoms with Gasteiger partial charge in [0.2, 0.25) is 0 Å². The van der Waals surface area contributed by atoms with E-state index in [1.165, 1.54) is 4.90 Å². The van der Waals surface area contributed by atoms with Crippen LogP contribution in [0.1, 0.15) is 37.8 Å². The predicted octanol–water partition coefficient (Wildman–Crippen LogP) is 3.85. The highest BCUT2D eigenvalue weighted by Crippen LogP contribution is 2.44. The van der Waals surface area contributed by atoms with Gasteiger partial charge in [-0.2, -0.15) is 0 Å². The van der Waals surface area contributed by atoms with Crippen molar-refractivity contribution in [1.29, 1.82) is 0 Å². The average Bonchev–Trinajstić information content (AvgIpc) is 3.03. The summed E-state index contributed by atoms with van der Waals surface area (Å²) in [4.78, 5) is 37.8. The van der Waals surface area contributed by atoms with Crippen molar-refractivity contribution in [3.63, 3.8) is 0 Å². The van der Waals surface area contributed by atoms with E-state index in [1.54, 1.807) is 20.8 Å². The van der Waals surface area contributed by atoms with Gasteiger partial charge in [0, 0.05) is 24.9 Å². The first kappa shape index (κ1) is 22.6. The van der Waals surface area contributed by atoms with Crippen molar-refractivity contribution in [3.8, 4) is 11.1 Å². The minimum absolute atomic E-state index is 0.0981. The maximum absolute atomic E-state index is 12.5. The van der Waals surface area contributed by atoms with Crippen LogP contribution in [0.3, 0.4) is 0 Å². The molecule has 1 aliphatic carbocycles. The van der Waals surface area contributed by atoms with Crippen LogP contribution in [-0.2, 0) is 14.3 Å². The third-order valence-corrected chi connectivity index (χ3v) is 5.92. The monoisotopic (exact) mass is 452 g/mol. The van der Waals surface area contributed by atoms with Gasteiger partial charge in [0.15, 0.2) is 0 Å². The Kier molecular flexibility index (Phi) is 6.01. The molecule has 33 heavy (non-hydrogen) atoms. The van der Waals surface area contributed by atoms with Gasteiger partial charge in [-0.05, 0) is 43.0 Å². The average molecular weight is 453 g/mol. The van der Waals surface area contributed by atoms with Gasteiger partial charge in [-0.1, -0.05) is 48.5 Å². The van der Waals surface area contributed by atoms with Gasteiger partial charge in [0.25, 0.3) is 0 Å². The molecule has 0 radical (unpaired) electrons. The number of nitrogens with one attached hydrogen (secondary N) is 1. The molecule has 8 nitrogen and oxygen atoms in total. The SMILES string of the molecule is CC(C)(C)OC(=O)N1CC([C@H](NC(=O)OCC2c3ccccc3-c3ccccc32)C(=O)O)C1. The molecule has 2 aliphatic rings. The van der Waals surface area contributed by atoms with Crippen molar-refractivity contribution in [1.82, 2.24) is 10.2 Å². The van der Waals surface area contributed by atoms with Crippen molar-refractivity contribution in [2.45, 2.75) is 38.3 Å². The van der Waals surface area contributed by atoms with Crippen LogP contribution in [0.2, 0.25) is 0 Å². The minimum Gasteiger partial charge on any atom is -0.480 e. The molecule has 0 unspecified atom stereocenters. The van der Waals surface area contributed by atoms with Crippen LogP contribution in [0.15, 0.2) is 48.5 Å². The number of carboxylic acids is 1. The summed E-state index contributed by atoms with van der Waals surface area (Å²) >= 11 is 0. The van der Waals surface area contributed by atoms with Crippen LogP contribution in [0.5, 0.6) is 0 Å². The van der Waals surface area contributed by atoms with Crippen molar-refractivity contribution in [2.24, 2.45) is 5.92 Å². The summed E-state index contributed by atoms with van der Waals surface area (Å²) in [5.41, 5.74) is 3.75. The quantitative estimate of drug-likeness (QED) is 0.714. The third-order valence-electron chi connectivity index (χ3n) is 5.92. The molecule has 4 rings (SSSR count). The maximum atomic E-state index is 12.5. The summed E-state index contributed by atoms with van der Waals surface area (Å²) in [6.07, 6.45) is -1.29. The Morgan fingerprint density at radius 2 is 1.58 bits per heavy atom. The van der Waals surface area contributed by atoms with Crippen LogP contribution >= 0.6 is 0 Å². The standard InChI is InChI=1S/C25H28N2O6/c1-25(2,3)33-24(31)27-12-15(13-27)21(22(28)29)26-23(30)32-14-20-18-10-6-4-8-16(18)17-9-5-7-11-19(17)20/h4-11,15,20-21H,12-14H2,1-3H3,(H,26,30)(H,28,29)/t21-/m0/s1.